The highest BCUT2D eigenvalue weighted by Gasteiger charge is 2.25. The van der Waals surface area contributed by atoms with E-state index >= 15 is 0 Å². The quantitative estimate of drug-likeness (QED) is 0.284. The molecule has 168 valence electrons. The number of benzene rings is 2. The Morgan fingerprint density at radius 3 is 2.47 bits per heavy atom. The first-order chi connectivity index (χ1) is 16.6. The van der Waals surface area contributed by atoms with Gasteiger partial charge in [-0.3, -0.25) is 4.79 Å². The summed E-state index contributed by atoms with van der Waals surface area (Å²) in [7, 11) is 0. The van der Waals surface area contributed by atoms with Gasteiger partial charge in [-0.2, -0.15) is 9.78 Å². The molecule has 5 aromatic rings. The lowest BCUT2D eigenvalue weighted by Crippen LogP contribution is -2.20. The van der Waals surface area contributed by atoms with E-state index in [2.05, 4.69) is 47.9 Å². The number of carbonyl (C=O) groups excluding carboxylic acids is 1. The van der Waals surface area contributed by atoms with Gasteiger partial charge in [0, 0.05) is 0 Å². The molecule has 34 heavy (non-hydrogen) atoms. The summed E-state index contributed by atoms with van der Waals surface area (Å²) in [6.07, 6.45) is 0. The summed E-state index contributed by atoms with van der Waals surface area (Å²) in [6, 6.07) is 21.7. The molecule has 0 unspecified atom stereocenters. The van der Waals surface area contributed by atoms with Crippen molar-refractivity contribution in [1.82, 2.24) is 30.7 Å². The molecular formula is C23H18N8O2S. The fraction of sp³-hybridized carbons (Fsp3) is 0.0435. The molecule has 0 radical (unpaired) electrons. The van der Waals surface area contributed by atoms with E-state index in [9.17, 15) is 4.79 Å². The summed E-state index contributed by atoms with van der Waals surface area (Å²) in [5.74, 6) is -0.347. The third kappa shape index (κ3) is 4.07. The molecule has 0 saturated heterocycles. The second kappa shape index (κ2) is 9.08. The van der Waals surface area contributed by atoms with Gasteiger partial charge in [-0.15, -0.1) is 16.4 Å². The molecule has 0 spiro atoms. The lowest BCUT2D eigenvalue weighted by molar-refractivity contribution is 0.0950. The van der Waals surface area contributed by atoms with Gasteiger partial charge in [0.15, 0.2) is 5.69 Å². The maximum absolute atomic E-state index is 13.0. The monoisotopic (exact) mass is 470 g/mol. The van der Waals surface area contributed by atoms with Crippen LogP contribution in [-0.2, 0) is 0 Å². The van der Waals surface area contributed by atoms with E-state index in [1.165, 1.54) is 16.0 Å². The molecule has 11 heteroatoms. The predicted octanol–water partition coefficient (Wildman–Crippen LogP) is 3.78. The fourth-order valence-electron chi connectivity index (χ4n) is 3.34. The summed E-state index contributed by atoms with van der Waals surface area (Å²) in [5, 5.41) is 21.6. The Kier molecular flexibility index (Phi) is 5.67. The minimum Gasteiger partial charge on any atom is -0.378 e. The summed E-state index contributed by atoms with van der Waals surface area (Å²) >= 11 is 1.41. The zero-order chi connectivity index (χ0) is 23.5. The van der Waals surface area contributed by atoms with Crippen molar-refractivity contribution in [3.05, 3.63) is 83.4 Å². The Labute approximate surface area is 197 Å². The Morgan fingerprint density at radius 2 is 1.79 bits per heavy atom. The van der Waals surface area contributed by atoms with Gasteiger partial charge < -0.3 is 5.73 Å². The van der Waals surface area contributed by atoms with Crippen LogP contribution in [0.1, 0.15) is 23.0 Å². The molecule has 1 amide bonds. The molecule has 0 aliphatic heterocycles. The summed E-state index contributed by atoms with van der Waals surface area (Å²) in [6.45, 7) is 1.82. The van der Waals surface area contributed by atoms with Crippen molar-refractivity contribution < 1.29 is 9.42 Å². The highest BCUT2D eigenvalue weighted by Crippen LogP contribution is 2.29. The smallest absolute Gasteiger partial charge is 0.294 e. The van der Waals surface area contributed by atoms with Crippen LogP contribution < -0.4 is 11.2 Å². The first-order valence-corrected chi connectivity index (χ1v) is 11.1. The number of thiophene rings is 1. The minimum atomic E-state index is -0.523. The van der Waals surface area contributed by atoms with Crippen molar-refractivity contribution in [3.8, 4) is 27.5 Å². The molecule has 0 atom stereocenters. The minimum absolute atomic E-state index is 0.0301. The fourth-order valence-corrected chi connectivity index (χ4v) is 4.10. The molecule has 0 bridgehead atoms. The molecule has 0 fully saturated rings. The largest absolute Gasteiger partial charge is 0.378 e. The SMILES string of the molecule is CC(=NNC(=O)c1nnn(-c2nonc2N)c1-c1cccs1)c1ccc(-c2ccccc2)cc1. The zero-order valence-corrected chi connectivity index (χ0v) is 18.7. The van der Waals surface area contributed by atoms with Gasteiger partial charge in [-0.25, -0.2) is 10.1 Å². The predicted molar refractivity (Wildman–Crippen MR) is 128 cm³/mol. The molecule has 10 nitrogen and oxygen atoms in total. The van der Waals surface area contributed by atoms with Crippen molar-refractivity contribution in [2.75, 3.05) is 5.73 Å². The summed E-state index contributed by atoms with van der Waals surface area (Å²) in [5.41, 5.74) is 12.6. The van der Waals surface area contributed by atoms with E-state index in [1.807, 2.05) is 66.9 Å². The number of aromatic nitrogens is 5. The number of hydrazone groups is 1. The van der Waals surface area contributed by atoms with E-state index in [0.29, 0.717) is 11.4 Å². The molecule has 3 aromatic heterocycles. The Hall–Kier alpha value is -4.64. The number of carbonyl (C=O) groups is 1. The molecular weight excluding hydrogens is 452 g/mol. The van der Waals surface area contributed by atoms with Gasteiger partial charge in [0.1, 0.15) is 5.69 Å². The Balaban J connectivity index is 1.39. The van der Waals surface area contributed by atoms with E-state index in [0.717, 1.165) is 21.6 Å². The number of nitrogen functional groups attached to an aromatic ring is 1. The molecule has 2 aromatic carbocycles. The number of amides is 1. The highest BCUT2D eigenvalue weighted by atomic mass is 32.1. The molecule has 3 N–H and O–H groups in total. The van der Waals surface area contributed by atoms with Crippen LogP contribution >= 0.6 is 11.3 Å². The van der Waals surface area contributed by atoms with Crippen LogP contribution in [0.25, 0.3) is 27.5 Å². The van der Waals surface area contributed by atoms with Gasteiger partial charge in [-0.1, -0.05) is 65.9 Å². The molecule has 3 heterocycles. The third-order valence-electron chi connectivity index (χ3n) is 5.07. The van der Waals surface area contributed by atoms with Crippen LogP contribution in [0, 0.1) is 0 Å². The van der Waals surface area contributed by atoms with E-state index in [1.54, 1.807) is 0 Å². The van der Waals surface area contributed by atoms with Crippen molar-refractivity contribution in [2.24, 2.45) is 5.10 Å². The van der Waals surface area contributed by atoms with Crippen molar-refractivity contribution in [3.63, 3.8) is 0 Å². The number of nitrogens with zero attached hydrogens (tertiary/aromatic N) is 6. The van der Waals surface area contributed by atoms with Gasteiger partial charge in [-0.05, 0) is 45.4 Å². The molecule has 5 rings (SSSR count). The van der Waals surface area contributed by atoms with Crippen LogP contribution in [0.5, 0.6) is 0 Å². The zero-order valence-electron chi connectivity index (χ0n) is 17.9. The summed E-state index contributed by atoms with van der Waals surface area (Å²) in [4.78, 5) is 13.7. The number of nitrogens with two attached hydrogens (primary N) is 1. The number of rotatable bonds is 6. The van der Waals surface area contributed by atoms with Gasteiger partial charge >= 0.3 is 0 Å². The number of nitrogens with one attached hydrogen (secondary N) is 1. The third-order valence-corrected chi connectivity index (χ3v) is 5.95. The van der Waals surface area contributed by atoms with Crippen molar-refractivity contribution in [1.29, 1.82) is 0 Å². The number of anilines is 1. The van der Waals surface area contributed by atoms with E-state index in [-0.39, 0.29) is 17.3 Å². The Morgan fingerprint density at radius 1 is 1.03 bits per heavy atom. The summed E-state index contributed by atoms with van der Waals surface area (Å²) < 4.78 is 6.00. The second-order valence-electron chi connectivity index (χ2n) is 7.23. The lowest BCUT2D eigenvalue weighted by atomic mass is 10.0. The van der Waals surface area contributed by atoms with Crippen LogP contribution in [0.3, 0.4) is 0 Å². The lowest BCUT2D eigenvalue weighted by Gasteiger charge is -2.06. The van der Waals surface area contributed by atoms with Crippen LogP contribution in [0.15, 0.2) is 81.8 Å². The average Bonchev–Trinajstić information content (AvgIpc) is 3.63. The highest BCUT2D eigenvalue weighted by molar-refractivity contribution is 7.13. The molecule has 0 aliphatic rings. The van der Waals surface area contributed by atoms with Crippen molar-refractivity contribution in [2.45, 2.75) is 6.92 Å². The second-order valence-corrected chi connectivity index (χ2v) is 8.18. The van der Waals surface area contributed by atoms with Crippen LogP contribution in [0.4, 0.5) is 5.82 Å². The van der Waals surface area contributed by atoms with Gasteiger partial charge in [0.2, 0.25) is 11.6 Å². The molecule has 0 saturated carbocycles. The number of hydrogen-bond acceptors (Lipinski definition) is 9. The molecule has 0 aliphatic carbocycles. The standard InChI is InChI=1S/C23H18N8O2S/c1-14(15-9-11-17(12-10-15)16-6-3-2-4-7-16)25-27-23(32)19-20(18-8-5-13-34-18)31(30-26-19)22-21(24)28-33-29-22/h2-13H,1H3,(H2,24,28)(H,27,32). The Bertz CT molecular complexity index is 1450. The van der Waals surface area contributed by atoms with Crippen LogP contribution in [0.2, 0.25) is 0 Å². The first-order valence-electron chi connectivity index (χ1n) is 10.2. The van der Waals surface area contributed by atoms with Crippen LogP contribution in [-0.4, -0.2) is 36.9 Å². The van der Waals surface area contributed by atoms with E-state index in [4.69, 9.17) is 5.73 Å². The van der Waals surface area contributed by atoms with Gasteiger partial charge in [0.05, 0.1) is 10.6 Å². The van der Waals surface area contributed by atoms with Crippen molar-refractivity contribution >= 4 is 28.8 Å². The number of hydrogen-bond donors (Lipinski definition) is 2. The van der Waals surface area contributed by atoms with Gasteiger partial charge in [0.25, 0.3) is 5.91 Å². The average molecular weight is 471 g/mol. The maximum Gasteiger partial charge on any atom is 0.294 e. The maximum atomic E-state index is 13.0. The first kappa shape index (κ1) is 21.2. The normalized spacial score (nSPS) is 11.5. The van der Waals surface area contributed by atoms with E-state index < -0.39 is 5.91 Å². The topological polar surface area (TPSA) is 137 Å².